The molecule has 0 aromatic heterocycles. The second kappa shape index (κ2) is 9.68. The summed E-state index contributed by atoms with van der Waals surface area (Å²) < 4.78 is 11.9. The highest BCUT2D eigenvalue weighted by atomic mass is 16.5. The van der Waals surface area contributed by atoms with Crippen LogP contribution in [-0.4, -0.2) is 29.5 Å². The highest BCUT2D eigenvalue weighted by Gasteiger charge is 2.53. The molecule has 0 amide bonds. The third-order valence-electron chi connectivity index (χ3n) is 7.93. The molecule has 0 heterocycles. The van der Waals surface area contributed by atoms with E-state index in [1.807, 2.05) is 54.6 Å². The van der Waals surface area contributed by atoms with Gasteiger partial charge < -0.3 is 19.7 Å². The molecule has 2 unspecified atom stereocenters. The second-order valence-electron chi connectivity index (χ2n) is 9.90. The van der Waals surface area contributed by atoms with E-state index in [1.54, 1.807) is 0 Å². The molecule has 2 aromatic rings. The van der Waals surface area contributed by atoms with Crippen molar-refractivity contribution >= 4 is 0 Å². The molecule has 2 fully saturated rings. The van der Waals surface area contributed by atoms with Gasteiger partial charge in [0.2, 0.25) is 0 Å². The van der Waals surface area contributed by atoms with Crippen LogP contribution in [0.5, 0.6) is 17.2 Å². The van der Waals surface area contributed by atoms with Crippen LogP contribution in [0.1, 0.15) is 39.5 Å². The number of rotatable bonds is 7. The fraction of sp³-hybridized carbons (Fsp3) is 0.500. The molecular weight excluding hydrogens is 400 g/mol. The molecule has 0 bridgehead atoms. The van der Waals surface area contributed by atoms with Crippen LogP contribution in [0.3, 0.4) is 0 Å². The molecule has 2 aliphatic carbocycles. The number of hydrogen-bond acceptors (Lipinski definition) is 4. The van der Waals surface area contributed by atoms with E-state index in [1.165, 1.54) is 5.57 Å². The Morgan fingerprint density at radius 3 is 2.38 bits per heavy atom. The van der Waals surface area contributed by atoms with E-state index < -0.39 is 11.5 Å². The molecule has 2 aromatic carbocycles. The molecule has 0 aliphatic heterocycles. The minimum Gasteiger partial charge on any atom is -0.494 e. The van der Waals surface area contributed by atoms with E-state index in [9.17, 15) is 10.2 Å². The average Bonchev–Trinajstić information content (AvgIpc) is 2.80. The molecular formula is C28H36O4. The normalized spacial score (nSPS) is 32.2. The number of allylic oxidation sites excluding steroid dienone is 1. The van der Waals surface area contributed by atoms with Gasteiger partial charge in [-0.25, -0.2) is 0 Å². The van der Waals surface area contributed by atoms with Gasteiger partial charge in [-0.05, 0) is 85.8 Å². The predicted octanol–water partition coefficient (Wildman–Crippen LogP) is 5.85. The minimum atomic E-state index is -0.441. The molecule has 32 heavy (non-hydrogen) atoms. The molecule has 2 saturated carbocycles. The number of aliphatic hydroxyl groups is 2. The summed E-state index contributed by atoms with van der Waals surface area (Å²) in [5.41, 5.74) is 0.871. The van der Waals surface area contributed by atoms with Crippen molar-refractivity contribution in [2.24, 2.45) is 29.1 Å². The summed E-state index contributed by atoms with van der Waals surface area (Å²) in [5.74, 6) is 3.95. The highest BCUT2D eigenvalue weighted by molar-refractivity contribution is 5.35. The number of para-hydroxylation sites is 1. The lowest BCUT2D eigenvalue weighted by Gasteiger charge is -2.56. The van der Waals surface area contributed by atoms with E-state index in [0.29, 0.717) is 30.3 Å². The zero-order valence-corrected chi connectivity index (χ0v) is 19.2. The van der Waals surface area contributed by atoms with Crippen LogP contribution < -0.4 is 9.47 Å². The Labute approximate surface area is 191 Å². The Bertz CT molecular complexity index is 893. The van der Waals surface area contributed by atoms with Gasteiger partial charge in [0.05, 0.1) is 19.3 Å². The lowest BCUT2D eigenvalue weighted by atomic mass is 9.50. The average molecular weight is 437 g/mol. The van der Waals surface area contributed by atoms with Crippen LogP contribution in [0.2, 0.25) is 0 Å². The fourth-order valence-electron chi connectivity index (χ4n) is 6.01. The maximum atomic E-state index is 10.7. The van der Waals surface area contributed by atoms with Crippen molar-refractivity contribution in [1.82, 2.24) is 0 Å². The molecule has 4 rings (SSSR count). The summed E-state index contributed by atoms with van der Waals surface area (Å²) in [5, 5.41) is 20.8. The number of aliphatic hydroxyl groups excluding tert-OH is 2. The summed E-state index contributed by atoms with van der Waals surface area (Å²) in [6, 6.07) is 17.5. The van der Waals surface area contributed by atoms with Crippen molar-refractivity contribution in [3.8, 4) is 17.2 Å². The summed E-state index contributed by atoms with van der Waals surface area (Å²) in [6.07, 6.45) is 3.17. The van der Waals surface area contributed by atoms with Gasteiger partial charge in [0, 0.05) is 5.41 Å². The molecule has 6 atom stereocenters. The summed E-state index contributed by atoms with van der Waals surface area (Å²) >= 11 is 0. The third kappa shape index (κ3) is 4.57. The zero-order valence-electron chi connectivity index (χ0n) is 19.2. The number of fused-ring (bicyclic) bond motifs is 1. The SMILES string of the molecule is C=C1CCC2[C@@H](C(C)C[C@@H](O)[C@@]2(C)CO)[C@H]1CCOc1ccc(Oc2ccccc2)cc1. The molecule has 0 radical (unpaired) electrons. The second-order valence-corrected chi connectivity index (χ2v) is 9.90. The van der Waals surface area contributed by atoms with E-state index in [-0.39, 0.29) is 6.61 Å². The smallest absolute Gasteiger partial charge is 0.127 e. The zero-order chi connectivity index (χ0) is 22.7. The van der Waals surface area contributed by atoms with E-state index in [2.05, 4.69) is 20.4 Å². The van der Waals surface area contributed by atoms with Crippen molar-refractivity contribution in [2.45, 2.75) is 45.6 Å². The van der Waals surface area contributed by atoms with E-state index in [4.69, 9.17) is 9.47 Å². The summed E-state index contributed by atoms with van der Waals surface area (Å²) in [6.45, 7) is 9.36. The van der Waals surface area contributed by atoms with Crippen LogP contribution >= 0.6 is 0 Å². The molecule has 0 saturated heterocycles. The van der Waals surface area contributed by atoms with Crippen molar-refractivity contribution in [3.63, 3.8) is 0 Å². The Kier molecular flexibility index (Phi) is 6.92. The standard InChI is InChI=1S/C28H36O4/c1-19-9-14-25-27(20(2)17-26(30)28(25,3)18-29)24(19)15-16-31-21-10-12-23(13-11-21)32-22-7-5-4-6-8-22/h4-8,10-13,20,24-27,29-30H,1,9,14-18H2,2-3H3/t20?,24-,25?,26+,27-,28-/m0/s1. The fourth-order valence-corrected chi connectivity index (χ4v) is 6.01. The monoisotopic (exact) mass is 436 g/mol. The summed E-state index contributed by atoms with van der Waals surface area (Å²) in [7, 11) is 0. The van der Waals surface area contributed by atoms with Crippen LogP contribution in [0.25, 0.3) is 0 Å². The number of hydrogen-bond donors (Lipinski definition) is 2. The van der Waals surface area contributed by atoms with Gasteiger partial charge in [0.15, 0.2) is 0 Å². The van der Waals surface area contributed by atoms with Crippen molar-refractivity contribution < 1.29 is 19.7 Å². The first-order valence-electron chi connectivity index (χ1n) is 11.8. The van der Waals surface area contributed by atoms with Gasteiger partial charge in [-0.15, -0.1) is 0 Å². The lowest BCUT2D eigenvalue weighted by Crippen LogP contribution is -2.55. The third-order valence-corrected chi connectivity index (χ3v) is 7.93. The Morgan fingerprint density at radius 2 is 1.69 bits per heavy atom. The van der Waals surface area contributed by atoms with Crippen molar-refractivity contribution in [2.75, 3.05) is 13.2 Å². The van der Waals surface area contributed by atoms with Crippen molar-refractivity contribution in [1.29, 1.82) is 0 Å². The maximum absolute atomic E-state index is 10.7. The van der Waals surface area contributed by atoms with Crippen molar-refractivity contribution in [3.05, 3.63) is 66.7 Å². The number of ether oxygens (including phenoxy) is 2. The summed E-state index contributed by atoms with van der Waals surface area (Å²) in [4.78, 5) is 0. The van der Waals surface area contributed by atoms with E-state index in [0.717, 1.165) is 42.9 Å². The molecule has 2 aliphatic rings. The van der Waals surface area contributed by atoms with Gasteiger partial charge in [0.1, 0.15) is 17.2 Å². The number of benzene rings is 2. The van der Waals surface area contributed by atoms with E-state index >= 15 is 0 Å². The van der Waals surface area contributed by atoms with Gasteiger partial charge >= 0.3 is 0 Å². The topological polar surface area (TPSA) is 58.9 Å². The quantitative estimate of drug-likeness (QED) is 0.535. The molecule has 4 nitrogen and oxygen atoms in total. The van der Waals surface area contributed by atoms with Crippen LogP contribution in [-0.2, 0) is 0 Å². The highest BCUT2D eigenvalue weighted by Crippen LogP contribution is 2.56. The first-order chi connectivity index (χ1) is 15.4. The van der Waals surface area contributed by atoms with Crippen LogP contribution in [0.4, 0.5) is 0 Å². The van der Waals surface area contributed by atoms with Crippen LogP contribution in [0, 0.1) is 29.1 Å². The Hall–Kier alpha value is -2.30. The minimum absolute atomic E-state index is 0.0369. The largest absolute Gasteiger partial charge is 0.494 e. The predicted molar refractivity (Wildman–Crippen MR) is 127 cm³/mol. The van der Waals surface area contributed by atoms with Gasteiger partial charge in [-0.3, -0.25) is 0 Å². The molecule has 2 N–H and O–H groups in total. The first-order valence-corrected chi connectivity index (χ1v) is 11.8. The van der Waals surface area contributed by atoms with Gasteiger partial charge in [-0.1, -0.05) is 44.2 Å². The van der Waals surface area contributed by atoms with Gasteiger partial charge in [0.25, 0.3) is 0 Å². The first kappa shape index (κ1) is 22.9. The lowest BCUT2D eigenvalue weighted by molar-refractivity contribution is -0.135. The van der Waals surface area contributed by atoms with Gasteiger partial charge in [-0.2, -0.15) is 0 Å². The van der Waals surface area contributed by atoms with Crippen LogP contribution in [0.15, 0.2) is 66.7 Å². The molecule has 0 spiro atoms. The molecule has 172 valence electrons. The molecule has 4 heteroatoms. The maximum Gasteiger partial charge on any atom is 0.127 e. The Morgan fingerprint density at radius 1 is 1.03 bits per heavy atom. The Balaban J connectivity index is 1.37.